The third-order valence-electron chi connectivity index (χ3n) is 4.24. The zero-order chi connectivity index (χ0) is 13.1. The van der Waals surface area contributed by atoms with Gasteiger partial charge in [0, 0.05) is 19.1 Å². The van der Waals surface area contributed by atoms with E-state index in [-0.39, 0.29) is 0 Å². The minimum Gasteiger partial charge on any atom is -0.370 e. The molecule has 1 N–H and O–H groups in total. The van der Waals surface area contributed by atoms with Crippen LogP contribution in [0, 0.1) is 11.8 Å². The molecule has 1 aromatic rings. The summed E-state index contributed by atoms with van der Waals surface area (Å²) >= 11 is 0. The molecule has 2 rings (SSSR count). The van der Waals surface area contributed by atoms with E-state index in [9.17, 15) is 0 Å². The zero-order valence-corrected chi connectivity index (χ0v) is 12.0. The smallest absolute Gasteiger partial charge is 0.0574 e. The van der Waals surface area contributed by atoms with E-state index in [0.29, 0.717) is 6.04 Å². The van der Waals surface area contributed by atoms with Crippen LogP contribution in [-0.2, 0) is 0 Å². The van der Waals surface area contributed by atoms with Crippen LogP contribution in [0.3, 0.4) is 0 Å². The van der Waals surface area contributed by atoms with Crippen LogP contribution in [0.4, 0.5) is 5.69 Å². The Kier molecular flexibility index (Phi) is 4.23. The van der Waals surface area contributed by atoms with Gasteiger partial charge >= 0.3 is 0 Å². The van der Waals surface area contributed by atoms with Gasteiger partial charge < -0.3 is 10.2 Å². The molecule has 1 aromatic heterocycles. The third-order valence-corrected chi connectivity index (χ3v) is 4.24. The van der Waals surface area contributed by atoms with Crippen molar-refractivity contribution in [3.8, 4) is 0 Å². The fraction of sp³-hybridized carbons (Fsp3) is 0.667. The molecule has 100 valence electrons. The number of nitrogens with zero attached hydrogens (tertiary/aromatic N) is 2. The SMILES string of the molecule is CCC(NC)c1ccc(N2CC(C)C(C)C2)cn1. The predicted molar refractivity (Wildman–Crippen MR) is 76.9 cm³/mol. The summed E-state index contributed by atoms with van der Waals surface area (Å²) < 4.78 is 0. The zero-order valence-electron chi connectivity index (χ0n) is 12.0. The Labute approximate surface area is 111 Å². The van der Waals surface area contributed by atoms with Crippen LogP contribution in [0.2, 0.25) is 0 Å². The van der Waals surface area contributed by atoms with Gasteiger partial charge in [0.1, 0.15) is 0 Å². The monoisotopic (exact) mass is 247 g/mol. The van der Waals surface area contributed by atoms with Gasteiger partial charge in [-0.1, -0.05) is 20.8 Å². The fourth-order valence-electron chi connectivity index (χ4n) is 2.69. The van der Waals surface area contributed by atoms with Crippen LogP contribution < -0.4 is 10.2 Å². The normalized spacial score (nSPS) is 25.4. The van der Waals surface area contributed by atoms with E-state index < -0.39 is 0 Å². The predicted octanol–water partition coefficient (Wildman–Crippen LogP) is 2.84. The highest BCUT2D eigenvalue weighted by Gasteiger charge is 2.26. The average molecular weight is 247 g/mol. The first-order chi connectivity index (χ1) is 8.65. The molecule has 1 fully saturated rings. The Morgan fingerprint density at radius 3 is 2.44 bits per heavy atom. The van der Waals surface area contributed by atoms with E-state index in [2.05, 4.69) is 48.1 Å². The maximum Gasteiger partial charge on any atom is 0.0574 e. The van der Waals surface area contributed by atoms with Gasteiger partial charge in [0.05, 0.1) is 17.6 Å². The average Bonchev–Trinajstić information content (AvgIpc) is 2.72. The highest BCUT2D eigenvalue weighted by Crippen LogP contribution is 2.27. The number of rotatable bonds is 4. The molecule has 3 unspecified atom stereocenters. The molecule has 3 nitrogen and oxygen atoms in total. The van der Waals surface area contributed by atoms with Crippen molar-refractivity contribution in [2.45, 2.75) is 33.2 Å². The lowest BCUT2D eigenvalue weighted by molar-refractivity contribution is 0.494. The van der Waals surface area contributed by atoms with Gasteiger partial charge in [-0.3, -0.25) is 4.98 Å². The lowest BCUT2D eigenvalue weighted by Gasteiger charge is -2.19. The van der Waals surface area contributed by atoms with E-state index in [1.54, 1.807) is 0 Å². The summed E-state index contributed by atoms with van der Waals surface area (Å²) in [6, 6.07) is 4.75. The van der Waals surface area contributed by atoms with Gasteiger partial charge in [-0.15, -0.1) is 0 Å². The molecule has 18 heavy (non-hydrogen) atoms. The van der Waals surface area contributed by atoms with Crippen molar-refractivity contribution in [3.63, 3.8) is 0 Å². The highest BCUT2D eigenvalue weighted by atomic mass is 15.2. The van der Waals surface area contributed by atoms with Crippen molar-refractivity contribution in [2.24, 2.45) is 11.8 Å². The van der Waals surface area contributed by atoms with E-state index in [1.807, 2.05) is 13.2 Å². The number of pyridine rings is 1. The summed E-state index contributed by atoms with van der Waals surface area (Å²) in [5.74, 6) is 1.57. The number of nitrogens with one attached hydrogen (secondary N) is 1. The topological polar surface area (TPSA) is 28.2 Å². The standard InChI is InChI=1S/C15H25N3/c1-5-14(16-4)15-7-6-13(8-17-15)18-9-11(2)12(3)10-18/h6-8,11-12,14,16H,5,9-10H2,1-4H3. The minimum atomic E-state index is 0.371. The first-order valence-electron chi connectivity index (χ1n) is 7.03. The minimum absolute atomic E-state index is 0.371. The number of hydrogen-bond donors (Lipinski definition) is 1. The molecule has 0 radical (unpaired) electrons. The molecular formula is C15H25N3. The second-order valence-electron chi connectivity index (χ2n) is 5.55. The summed E-state index contributed by atoms with van der Waals surface area (Å²) in [6.07, 6.45) is 3.10. The number of anilines is 1. The van der Waals surface area contributed by atoms with Crippen LogP contribution in [-0.4, -0.2) is 25.1 Å². The van der Waals surface area contributed by atoms with E-state index in [0.717, 1.165) is 37.0 Å². The number of aromatic nitrogens is 1. The lowest BCUT2D eigenvalue weighted by Crippen LogP contribution is -2.21. The van der Waals surface area contributed by atoms with Gasteiger partial charge in [0.15, 0.2) is 0 Å². The van der Waals surface area contributed by atoms with Crippen molar-refractivity contribution in [3.05, 3.63) is 24.0 Å². The molecule has 3 atom stereocenters. The van der Waals surface area contributed by atoms with E-state index >= 15 is 0 Å². The summed E-state index contributed by atoms with van der Waals surface area (Å²) in [5, 5.41) is 3.30. The molecule has 0 aliphatic carbocycles. The van der Waals surface area contributed by atoms with Gasteiger partial charge in [-0.2, -0.15) is 0 Å². The first-order valence-corrected chi connectivity index (χ1v) is 7.03. The fourth-order valence-corrected chi connectivity index (χ4v) is 2.69. The third kappa shape index (κ3) is 2.66. The Balaban J connectivity index is 2.08. The van der Waals surface area contributed by atoms with E-state index in [1.165, 1.54) is 5.69 Å². The van der Waals surface area contributed by atoms with E-state index in [4.69, 9.17) is 0 Å². The molecule has 0 aromatic carbocycles. The van der Waals surface area contributed by atoms with Crippen LogP contribution in [0.15, 0.2) is 18.3 Å². The van der Waals surface area contributed by atoms with Gasteiger partial charge in [-0.25, -0.2) is 0 Å². The van der Waals surface area contributed by atoms with Crippen molar-refractivity contribution < 1.29 is 0 Å². The van der Waals surface area contributed by atoms with Crippen LogP contribution in [0.25, 0.3) is 0 Å². The number of hydrogen-bond acceptors (Lipinski definition) is 3. The molecule has 1 aliphatic rings. The molecule has 3 heteroatoms. The maximum atomic E-state index is 4.61. The van der Waals surface area contributed by atoms with Gasteiger partial charge in [-0.05, 0) is 37.4 Å². The van der Waals surface area contributed by atoms with Crippen LogP contribution in [0.1, 0.15) is 38.9 Å². The van der Waals surface area contributed by atoms with Crippen molar-refractivity contribution in [1.82, 2.24) is 10.3 Å². The quantitative estimate of drug-likeness (QED) is 0.887. The molecule has 0 spiro atoms. The maximum absolute atomic E-state index is 4.61. The van der Waals surface area contributed by atoms with Crippen molar-refractivity contribution in [2.75, 3.05) is 25.0 Å². The second kappa shape index (κ2) is 5.70. The molecule has 0 amide bonds. The Bertz CT molecular complexity index is 360. The summed E-state index contributed by atoms with van der Waals surface area (Å²) in [5.41, 5.74) is 2.41. The van der Waals surface area contributed by atoms with Crippen LogP contribution >= 0.6 is 0 Å². The Hall–Kier alpha value is -1.09. The summed E-state index contributed by atoms with van der Waals surface area (Å²) in [6.45, 7) is 9.17. The van der Waals surface area contributed by atoms with Crippen molar-refractivity contribution >= 4 is 5.69 Å². The molecule has 1 aliphatic heterocycles. The van der Waals surface area contributed by atoms with Gasteiger partial charge in [0.2, 0.25) is 0 Å². The summed E-state index contributed by atoms with van der Waals surface area (Å²) in [4.78, 5) is 7.06. The van der Waals surface area contributed by atoms with Gasteiger partial charge in [0.25, 0.3) is 0 Å². The van der Waals surface area contributed by atoms with Crippen molar-refractivity contribution in [1.29, 1.82) is 0 Å². The Morgan fingerprint density at radius 2 is 2.00 bits per heavy atom. The Morgan fingerprint density at radius 1 is 1.33 bits per heavy atom. The van der Waals surface area contributed by atoms with Crippen LogP contribution in [0.5, 0.6) is 0 Å². The molecule has 1 saturated heterocycles. The summed E-state index contributed by atoms with van der Waals surface area (Å²) in [7, 11) is 1.99. The largest absolute Gasteiger partial charge is 0.370 e. The first kappa shape index (κ1) is 13.3. The highest BCUT2D eigenvalue weighted by molar-refractivity contribution is 5.46. The molecule has 0 saturated carbocycles. The second-order valence-corrected chi connectivity index (χ2v) is 5.55. The molecule has 2 heterocycles. The molecule has 0 bridgehead atoms. The lowest BCUT2D eigenvalue weighted by atomic mass is 10.0. The molecular weight excluding hydrogens is 222 g/mol.